The zero-order chi connectivity index (χ0) is 17.9. The first-order valence-electron chi connectivity index (χ1n) is 8.25. The van der Waals surface area contributed by atoms with Crippen molar-refractivity contribution in [2.45, 2.75) is 31.9 Å². The molecule has 6 heteroatoms. The zero-order valence-electron chi connectivity index (χ0n) is 14.0. The molecule has 1 aromatic heterocycles. The number of hydrogen-bond donors (Lipinski definition) is 2. The van der Waals surface area contributed by atoms with Crippen molar-refractivity contribution < 1.29 is 9.53 Å². The highest BCUT2D eigenvalue weighted by Gasteiger charge is 2.12. The van der Waals surface area contributed by atoms with Gasteiger partial charge in [-0.3, -0.25) is 9.78 Å². The summed E-state index contributed by atoms with van der Waals surface area (Å²) in [6, 6.07) is 12.2. The molecule has 0 spiro atoms. The third-order valence-electron chi connectivity index (χ3n) is 3.68. The molecule has 1 aromatic carbocycles. The van der Waals surface area contributed by atoms with Crippen LogP contribution in [-0.4, -0.2) is 23.5 Å². The van der Waals surface area contributed by atoms with Gasteiger partial charge in [-0.15, -0.1) is 0 Å². The molecule has 0 radical (unpaired) electrons. The molecule has 2 rings (SSSR count). The van der Waals surface area contributed by atoms with Gasteiger partial charge in [0.1, 0.15) is 18.4 Å². The maximum Gasteiger partial charge on any atom is 0.252 e. The Morgan fingerprint density at radius 3 is 2.56 bits per heavy atom. The van der Waals surface area contributed by atoms with Crippen LogP contribution < -0.4 is 15.8 Å². The third-order valence-corrected chi connectivity index (χ3v) is 3.68. The van der Waals surface area contributed by atoms with Crippen molar-refractivity contribution in [1.82, 2.24) is 10.3 Å². The molecule has 0 bridgehead atoms. The Morgan fingerprint density at radius 2 is 1.92 bits per heavy atom. The fourth-order valence-electron chi connectivity index (χ4n) is 2.25. The van der Waals surface area contributed by atoms with E-state index in [1.807, 2.05) is 12.1 Å². The summed E-state index contributed by atoms with van der Waals surface area (Å²) in [5.41, 5.74) is 6.95. The maximum absolute atomic E-state index is 12.2. The van der Waals surface area contributed by atoms with Crippen LogP contribution >= 0.6 is 0 Å². The van der Waals surface area contributed by atoms with Gasteiger partial charge in [0.25, 0.3) is 5.91 Å². The molecule has 2 aromatic rings. The number of rotatable bonds is 9. The second-order valence-corrected chi connectivity index (χ2v) is 5.61. The number of amides is 1. The number of hydrogen-bond acceptors (Lipinski definition) is 5. The van der Waals surface area contributed by atoms with Crippen LogP contribution in [-0.2, 0) is 6.61 Å². The van der Waals surface area contributed by atoms with Gasteiger partial charge in [-0.05, 0) is 67.8 Å². The Hall–Kier alpha value is -2.91. The van der Waals surface area contributed by atoms with Gasteiger partial charge in [0.15, 0.2) is 0 Å². The van der Waals surface area contributed by atoms with Gasteiger partial charge in [0.2, 0.25) is 0 Å². The molecule has 130 valence electrons. The van der Waals surface area contributed by atoms with Gasteiger partial charge < -0.3 is 15.8 Å². The van der Waals surface area contributed by atoms with Crippen molar-refractivity contribution in [3.8, 4) is 11.8 Å². The summed E-state index contributed by atoms with van der Waals surface area (Å²) in [7, 11) is 0. The predicted molar refractivity (Wildman–Crippen MR) is 94.8 cm³/mol. The summed E-state index contributed by atoms with van der Waals surface area (Å²) < 4.78 is 5.67. The fraction of sp³-hybridized carbons (Fsp3) is 0.316. The van der Waals surface area contributed by atoms with E-state index in [0.29, 0.717) is 30.9 Å². The number of benzene rings is 1. The number of nitrogens with one attached hydrogen (secondary N) is 1. The Labute approximate surface area is 147 Å². The standard InChI is InChI=1S/C19H22N4O2/c20-10-2-1-3-17(13-21)23-19(24)16-4-6-18(7-5-16)25-14-15-8-11-22-12-9-15/h4-9,11-12,17H,1-3,10,14,20H2,(H,23,24)/t17-/m0/s1. The molecule has 0 aliphatic heterocycles. The van der Waals surface area contributed by atoms with Crippen LogP contribution in [0.5, 0.6) is 5.75 Å². The minimum Gasteiger partial charge on any atom is -0.489 e. The highest BCUT2D eigenvalue weighted by atomic mass is 16.5. The molecule has 3 N–H and O–H groups in total. The first-order valence-corrected chi connectivity index (χ1v) is 8.25. The normalized spacial score (nSPS) is 11.4. The van der Waals surface area contributed by atoms with E-state index in [0.717, 1.165) is 18.4 Å². The molecule has 0 saturated heterocycles. The van der Waals surface area contributed by atoms with Crippen molar-refractivity contribution >= 4 is 5.91 Å². The molecule has 6 nitrogen and oxygen atoms in total. The fourth-order valence-corrected chi connectivity index (χ4v) is 2.25. The summed E-state index contributed by atoms with van der Waals surface area (Å²) in [6.07, 6.45) is 5.69. The number of ether oxygens (including phenoxy) is 1. The van der Waals surface area contributed by atoms with E-state index in [1.165, 1.54) is 0 Å². The van der Waals surface area contributed by atoms with Crippen LogP contribution in [0.25, 0.3) is 0 Å². The van der Waals surface area contributed by atoms with Crippen molar-refractivity contribution in [2.24, 2.45) is 5.73 Å². The van der Waals surface area contributed by atoms with Gasteiger partial charge in [-0.25, -0.2) is 0 Å². The van der Waals surface area contributed by atoms with Gasteiger partial charge in [0, 0.05) is 18.0 Å². The molecule has 0 fully saturated rings. The van der Waals surface area contributed by atoms with Crippen molar-refractivity contribution in [1.29, 1.82) is 5.26 Å². The van der Waals surface area contributed by atoms with Crippen LogP contribution in [0.15, 0.2) is 48.8 Å². The van der Waals surface area contributed by atoms with Gasteiger partial charge in [-0.2, -0.15) is 5.26 Å². The van der Waals surface area contributed by atoms with Crippen LogP contribution in [0.4, 0.5) is 0 Å². The molecule has 0 unspecified atom stereocenters. The average molecular weight is 338 g/mol. The van der Waals surface area contributed by atoms with Gasteiger partial charge >= 0.3 is 0 Å². The van der Waals surface area contributed by atoms with E-state index in [2.05, 4.69) is 16.4 Å². The number of nitrogens with two attached hydrogens (primary N) is 1. The summed E-state index contributed by atoms with van der Waals surface area (Å²) in [6.45, 7) is 1.03. The van der Waals surface area contributed by atoms with Crippen molar-refractivity contribution in [2.75, 3.05) is 6.54 Å². The van der Waals surface area contributed by atoms with Gasteiger partial charge in [-0.1, -0.05) is 0 Å². The van der Waals surface area contributed by atoms with E-state index in [-0.39, 0.29) is 5.91 Å². The van der Waals surface area contributed by atoms with E-state index < -0.39 is 6.04 Å². The SMILES string of the molecule is N#C[C@H](CCCCN)NC(=O)c1ccc(OCc2ccncc2)cc1. The van der Waals surface area contributed by atoms with Crippen LogP contribution in [0.3, 0.4) is 0 Å². The number of unbranched alkanes of at least 4 members (excludes halogenated alkanes) is 1. The molecule has 0 aliphatic carbocycles. The van der Waals surface area contributed by atoms with Crippen molar-refractivity contribution in [3.63, 3.8) is 0 Å². The minimum absolute atomic E-state index is 0.264. The van der Waals surface area contributed by atoms with E-state index in [1.54, 1.807) is 36.7 Å². The summed E-state index contributed by atoms with van der Waals surface area (Å²) >= 11 is 0. The molecule has 1 amide bonds. The second kappa shape index (κ2) is 10.1. The summed E-state index contributed by atoms with van der Waals surface area (Å²) in [4.78, 5) is 16.2. The van der Waals surface area contributed by atoms with E-state index >= 15 is 0 Å². The smallest absolute Gasteiger partial charge is 0.252 e. The van der Waals surface area contributed by atoms with E-state index in [9.17, 15) is 4.79 Å². The quantitative estimate of drug-likeness (QED) is 0.684. The minimum atomic E-state index is -0.498. The largest absolute Gasteiger partial charge is 0.489 e. The van der Waals surface area contributed by atoms with E-state index in [4.69, 9.17) is 15.7 Å². The lowest BCUT2D eigenvalue weighted by molar-refractivity contribution is 0.0943. The molecule has 0 saturated carbocycles. The number of pyridine rings is 1. The lowest BCUT2D eigenvalue weighted by Crippen LogP contribution is -2.33. The van der Waals surface area contributed by atoms with Gasteiger partial charge in [0.05, 0.1) is 6.07 Å². The van der Waals surface area contributed by atoms with Crippen LogP contribution in [0.2, 0.25) is 0 Å². The lowest BCUT2D eigenvalue weighted by atomic mass is 10.1. The number of nitrogens with zero attached hydrogens (tertiary/aromatic N) is 2. The predicted octanol–water partition coefficient (Wildman–Crippen LogP) is 2.41. The topological polar surface area (TPSA) is 101 Å². The monoisotopic (exact) mass is 338 g/mol. The summed E-state index contributed by atoms with van der Waals surface area (Å²) in [5, 5.41) is 11.9. The van der Waals surface area contributed by atoms with Crippen LogP contribution in [0.1, 0.15) is 35.2 Å². The Balaban J connectivity index is 1.85. The molecular weight excluding hydrogens is 316 g/mol. The molecule has 25 heavy (non-hydrogen) atoms. The second-order valence-electron chi connectivity index (χ2n) is 5.61. The zero-order valence-corrected chi connectivity index (χ0v) is 14.0. The summed E-state index contributed by atoms with van der Waals surface area (Å²) in [5.74, 6) is 0.410. The lowest BCUT2D eigenvalue weighted by Gasteiger charge is -2.12. The Bertz CT molecular complexity index is 696. The number of carbonyl (C=O) groups is 1. The third kappa shape index (κ3) is 6.24. The first-order chi connectivity index (χ1) is 12.2. The molecule has 0 aliphatic rings. The number of carbonyl (C=O) groups excluding carboxylic acids is 1. The Morgan fingerprint density at radius 1 is 1.20 bits per heavy atom. The Kier molecular flexibility index (Phi) is 7.41. The molecule has 1 atom stereocenters. The molecular formula is C19H22N4O2. The molecule has 1 heterocycles. The van der Waals surface area contributed by atoms with Crippen molar-refractivity contribution in [3.05, 3.63) is 59.9 Å². The average Bonchev–Trinajstić information content (AvgIpc) is 2.67. The maximum atomic E-state index is 12.2. The number of aromatic nitrogens is 1. The highest BCUT2D eigenvalue weighted by Crippen LogP contribution is 2.14. The highest BCUT2D eigenvalue weighted by molar-refractivity contribution is 5.94. The first kappa shape index (κ1) is 18.4. The van der Waals surface area contributed by atoms with Crippen LogP contribution in [0, 0.1) is 11.3 Å². The number of nitriles is 1.